The molecule has 0 aliphatic heterocycles. The summed E-state index contributed by atoms with van der Waals surface area (Å²) in [4.78, 5) is 0. The molecule has 1 heteroatoms. The summed E-state index contributed by atoms with van der Waals surface area (Å²) in [7, 11) is 0. The van der Waals surface area contributed by atoms with E-state index < -0.39 is 0 Å². The Balaban J connectivity index is 1.82. The van der Waals surface area contributed by atoms with Crippen molar-refractivity contribution in [2.24, 2.45) is 0 Å². The van der Waals surface area contributed by atoms with Crippen molar-refractivity contribution in [3.63, 3.8) is 0 Å². The fourth-order valence-corrected chi connectivity index (χ4v) is 3.05. The average Bonchev–Trinajstić information content (AvgIpc) is 2.40. The molecular formula is C16H21N. The Bertz CT molecular complexity index is 420. The van der Waals surface area contributed by atoms with Crippen LogP contribution in [0.3, 0.4) is 0 Å². The van der Waals surface area contributed by atoms with E-state index in [4.69, 9.17) is 0 Å². The number of hydrogen-bond donors (Lipinski definition) is 1. The molecule has 2 aliphatic carbocycles. The molecule has 0 amide bonds. The van der Waals surface area contributed by atoms with Crippen molar-refractivity contribution in [1.29, 1.82) is 0 Å². The van der Waals surface area contributed by atoms with Gasteiger partial charge in [0.2, 0.25) is 0 Å². The highest BCUT2D eigenvalue weighted by Crippen LogP contribution is 2.29. The van der Waals surface area contributed by atoms with Crippen molar-refractivity contribution in [2.75, 3.05) is 5.32 Å². The first-order valence-corrected chi connectivity index (χ1v) is 6.97. The number of allylic oxidation sites excluding steroid dienone is 1. The van der Waals surface area contributed by atoms with E-state index in [0.717, 1.165) is 0 Å². The van der Waals surface area contributed by atoms with Gasteiger partial charge in [0, 0.05) is 11.7 Å². The van der Waals surface area contributed by atoms with E-state index >= 15 is 0 Å². The van der Waals surface area contributed by atoms with Gasteiger partial charge in [-0.3, -0.25) is 0 Å². The van der Waals surface area contributed by atoms with Gasteiger partial charge in [-0.05, 0) is 62.1 Å². The van der Waals surface area contributed by atoms with Crippen LogP contribution in [0, 0.1) is 0 Å². The molecule has 3 rings (SSSR count). The molecule has 0 radical (unpaired) electrons. The van der Waals surface area contributed by atoms with Gasteiger partial charge in [0.15, 0.2) is 0 Å². The summed E-state index contributed by atoms with van der Waals surface area (Å²) in [5.41, 5.74) is 4.54. The zero-order chi connectivity index (χ0) is 11.5. The quantitative estimate of drug-likeness (QED) is 0.750. The first kappa shape index (κ1) is 10.9. The molecule has 1 aromatic carbocycles. The third-order valence-electron chi connectivity index (χ3n) is 3.99. The third kappa shape index (κ3) is 2.38. The topological polar surface area (TPSA) is 12.0 Å². The molecule has 0 bridgehead atoms. The molecule has 2 aliphatic rings. The maximum absolute atomic E-state index is 3.72. The summed E-state index contributed by atoms with van der Waals surface area (Å²) in [6.07, 6.45) is 13.8. The molecule has 0 spiro atoms. The summed E-state index contributed by atoms with van der Waals surface area (Å²) in [5.74, 6) is 0. The minimum Gasteiger partial charge on any atom is -0.379 e. The first-order valence-electron chi connectivity index (χ1n) is 6.97. The fourth-order valence-electron chi connectivity index (χ4n) is 3.05. The predicted octanol–water partition coefficient (Wildman–Crippen LogP) is 4.09. The number of anilines is 1. The standard InChI is InChI=1S/C16H21N/c1-2-9-14(10-3-1)17-16-12-6-8-13-7-4-5-11-15(13)16/h2,6,8-9,12,14,17H,1,3-5,7,10-11H2. The van der Waals surface area contributed by atoms with Crippen molar-refractivity contribution in [3.05, 3.63) is 41.5 Å². The van der Waals surface area contributed by atoms with Gasteiger partial charge >= 0.3 is 0 Å². The molecule has 1 N–H and O–H groups in total. The summed E-state index contributed by atoms with van der Waals surface area (Å²) >= 11 is 0. The Kier molecular flexibility index (Phi) is 3.17. The monoisotopic (exact) mass is 227 g/mol. The smallest absolute Gasteiger partial charge is 0.0444 e. The van der Waals surface area contributed by atoms with E-state index in [1.807, 2.05) is 0 Å². The number of aryl methyl sites for hydroxylation is 1. The van der Waals surface area contributed by atoms with Gasteiger partial charge in [0.05, 0.1) is 0 Å². The SMILES string of the molecule is C1=CC(Nc2cccc3c2CCCC3)CCC1. The molecular weight excluding hydrogens is 206 g/mol. The summed E-state index contributed by atoms with van der Waals surface area (Å²) in [6.45, 7) is 0. The lowest BCUT2D eigenvalue weighted by atomic mass is 9.90. The zero-order valence-electron chi connectivity index (χ0n) is 10.4. The number of benzene rings is 1. The lowest BCUT2D eigenvalue weighted by Gasteiger charge is -2.24. The van der Waals surface area contributed by atoms with E-state index in [1.165, 1.54) is 50.6 Å². The van der Waals surface area contributed by atoms with Crippen LogP contribution in [-0.4, -0.2) is 6.04 Å². The highest BCUT2D eigenvalue weighted by molar-refractivity contribution is 5.56. The van der Waals surface area contributed by atoms with Gasteiger partial charge in [-0.15, -0.1) is 0 Å². The largest absolute Gasteiger partial charge is 0.379 e. The van der Waals surface area contributed by atoms with E-state index in [2.05, 4.69) is 35.7 Å². The molecule has 90 valence electrons. The van der Waals surface area contributed by atoms with E-state index in [1.54, 1.807) is 11.1 Å². The van der Waals surface area contributed by atoms with Gasteiger partial charge in [-0.1, -0.05) is 24.3 Å². The highest BCUT2D eigenvalue weighted by Gasteiger charge is 2.15. The van der Waals surface area contributed by atoms with Crippen LogP contribution in [0.4, 0.5) is 5.69 Å². The van der Waals surface area contributed by atoms with Crippen LogP contribution in [0.25, 0.3) is 0 Å². The van der Waals surface area contributed by atoms with Crippen LogP contribution in [0.5, 0.6) is 0 Å². The minimum absolute atomic E-state index is 0.553. The van der Waals surface area contributed by atoms with E-state index in [9.17, 15) is 0 Å². The Hall–Kier alpha value is -1.24. The molecule has 1 atom stereocenters. The van der Waals surface area contributed by atoms with Crippen LogP contribution in [0.15, 0.2) is 30.4 Å². The summed E-state index contributed by atoms with van der Waals surface area (Å²) in [6, 6.07) is 7.32. The second-order valence-electron chi connectivity index (χ2n) is 5.26. The van der Waals surface area contributed by atoms with Crippen molar-refractivity contribution in [3.8, 4) is 0 Å². The zero-order valence-corrected chi connectivity index (χ0v) is 10.4. The maximum atomic E-state index is 3.72. The van der Waals surface area contributed by atoms with Gasteiger partial charge < -0.3 is 5.32 Å². The fraction of sp³-hybridized carbons (Fsp3) is 0.500. The molecule has 0 heterocycles. The van der Waals surface area contributed by atoms with Crippen LogP contribution in [-0.2, 0) is 12.8 Å². The summed E-state index contributed by atoms with van der Waals surface area (Å²) in [5, 5.41) is 3.72. The van der Waals surface area contributed by atoms with Crippen molar-refractivity contribution >= 4 is 5.69 Å². The second-order valence-corrected chi connectivity index (χ2v) is 5.26. The van der Waals surface area contributed by atoms with Crippen LogP contribution in [0.2, 0.25) is 0 Å². The third-order valence-corrected chi connectivity index (χ3v) is 3.99. The Morgan fingerprint density at radius 1 is 1.06 bits per heavy atom. The Morgan fingerprint density at radius 2 is 2.00 bits per heavy atom. The second kappa shape index (κ2) is 4.95. The number of nitrogens with one attached hydrogen (secondary N) is 1. The normalized spacial score (nSPS) is 23.2. The van der Waals surface area contributed by atoms with E-state index in [-0.39, 0.29) is 0 Å². The maximum Gasteiger partial charge on any atom is 0.0444 e. The Morgan fingerprint density at radius 3 is 2.88 bits per heavy atom. The van der Waals surface area contributed by atoms with Crippen LogP contribution >= 0.6 is 0 Å². The molecule has 0 saturated carbocycles. The average molecular weight is 227 g/mol. The van der Waals surface area contributed by atoms with Gasteiger partial charge in [-0.2, -0.15) is 0 Å². The molecule has 0 saturated heterocycles. The lowest BCUT2D eigenvalue weighted by Crippen LogP contribution is -2.20. The van der Waals surface area contributed by atoms with Crippen molar-refractivity contribution in [1.82, 2.24) is 0 Å². The minimum atomic E-state index is 0.553. The van der Waals surface area contributed by atoms with Crippen LogP contribution in [0.1, 0.15) is 43.2 Å². The Labute approximate surface area is 104 Å². The van der Waals surface area contributed by atoms with Crippen molar-refractivity contribution in [2.45, 2.75) is 51.0 Å². The molecule has 0 aromatic heterocycles. The summed E-state index contributed by atoms with van der Waals surface area (Å²) < 4.78 is 0. The molecule has 1 nitrogen and oxygen atoms in total. The van der Waals surface area contributed by atoms with Gasteiger partial charge in [0.25, 0.3) is 0 Å². The predicted molar refractivity (Wildman–Crippen MR) is 73.5 cm³/mol. The van der Waals surface area contributed by atoms with Crippen LogP contribution < -0.4 is 5.32 Å². The van der Waals surface area contributed by atoms with Gasteiger partial charge in [-0.25, -0.2) is 0 Å². The molecule has 0 fully saturated rings. The molecule has 1 unspecified atom stereocenters. The molecule has 17 heavy (non-hydrogen) atoms. The molecule has 1 aromatic rings. The van der Waals surface area contributed by atoms with E-state index in [0.29, 0.717) is 6.04 Å². The first-order chi connectivity index (χ1) is 8.43. The van der Waals surface area contributed by atoms with Gasteiger partial charge in [0.1, 0.15) is 0 Å². The number of rotatable bonds is 2. The number of fused-ring (bicyclic) bond motifs is 1. The van der Waals surface area contributed by atoms with Crippen molar-refractivity contribution < 1.29 is 0 Å². The number of hydrogen-bond acceptors (Lipinski definition) is 1. The highest BCUT2D eigenvalue weighted by atomic mass is 14.9. The lowest BCUT2D eigenvalue weighted by molar-refractivity contribution is 0.664.